The maximum absolute atomic E-state index is 13.4. The van der Waals surface area contributed by atoms with E-state index in [0.29, 0.717) is 26.2 Å². The van der Waals surface area contributed by atoms with Crippen LogP contribution in [0.2, 0.25) is 0 Å². The zero-order valence-electron chi connectivity index (χ0n) is 13.1. The fourth-order valence-electron chi connectivity index (χ4n) is 2.46. The second-order valence-electron chi connectivity index (χ2n) is 5.61. The fraction of sp³-hybridized carbons (Fsp3) is 0.625. The first-order chi connectivity index (χ1) is 10.6. The number of halogens is 1. The molecule has 6 heteroatoms. The molecule has 1 aromatic rings. The van der Waals surface area contributed by atoms with Crippen LogP contribution in [0.15, 0.2) is 24.3 Å². The number of ether oxygens (including phenoxy) is 2. The van der Waals surface area contributed by atoms with E-state index >= 15 is 0 Å². The number of likely N-dealkylation sites (N-methyl/N-ethyl adjacent to an activating group) is 1. The Morgan fingerprint density at radius 1 is 1.36 bits per heavy atom. The normalized spacial score (nSPS) is 17.6. The molecule has 0 amide bonds. The molecule has 2 rings (SSSR count). The molecule has 1 fully saturated rings. The monoisotopic (exact) mass is 312 g/mol. The molecule has 1 atom stereocenters. The third kappa shape index (κ3) is 5.88. The Morgan fingerprint density at radius 3 is 2.82 bits per heavy atom. The highest BCUT2D eigenvalue weighted by molar-refractivity contribution is 5.23. The van der Waals surface area contributed by atoms with E-state index in [-0.39, 0.29) is 11.6 Å². The minimum atomic E-state index is -0.406. The lowest BCUT2D eigenvalue weighted by atomic mass is 10.3. The van der Waals surface area contributed by atoms with Crippen molar-refractivity contribution >= 4 is 0 Å². The number of nitrogens with zero attached hydrogens (tertiary/aromatic N) is 2. The van der Waals surface area contributed by atoms with E-state index in [4.69, 9.17) is 9.47 Å². The molecule has 1 heterocycles. The molecule has 5 nitrogen and oxygen atoms in total. The highest BCUT2D eigenvalue weighted by Crippen LogP contribution is 2.14. The summed E-state index contributed by atoms with van der Waals surface area (Å²) in [6, 6.07) is 6.37. The number of aliphatic hydroxyl groups excluding tert-OH is 1. The molecule has 1 N–H and O–H groups in total. The van der Waals surface area contributed by atoms with Crippen LogP contribution < -0.4 is 4.74 Å². The fourth-order valence-corrected chi connectivity index (χ4v) is 2.46. The molecule has 1 aromatic carbocycles. The quantitative estimate of drug-likeness (QED) is 0.770. The number of hydrogen-bond acceptors (Lipinski definition) is 5. The van der Waals surface area contributed by atoms with Gasteiger partial charge in [-0.2, -0.15) is 0 Å². The highest BCUT2D eigenvalue weighted by atomic mass is 19.1. The molecule has 22 heavy (non-hydrogen) atoms. The van der Waals surface area contributed by atoms with Gasteiger partial charge in [0.2, 0.25) is 0 Å². The van der Waals surface area contributed by atoms with E-state index in [1.54, 1.807) is 18.2 Å². The van der Waals surface area contributed by atoms with Gasteiger partial charge in [0.15, 0.2) is 11.6 Å². The van der Waals surface area contributed by atoms with E-state index < -0.39 is 6.10 Å². The molecule has 124 valence electrons. The summed E-state index contributed by atoms with van der Waals surface area (Å²) in [4.78, 5) is 4.20. The Kier molecular flexibility index (Phi) is 7.05. The number of para-hydroxylation sites is 1. The molecule has 0 aromatic heterocycles. The van der Waals surface area contributed by atoms with Crippen LogP contribution in [0.5, 0.6) is 5.75 Å². The van der Waals surface area contributed by atoms with Gasteiger partial charge in [-0.3, -0.25) is 4.90 Å². The topological polar surface area (TPSA) is 45.2 Å². The summed E-state index contributed by atoms with van der Waals surface area (Å²) in [5, 5.41) is 10.1. The Bertz CT molecular complexity index is 441. The average Bonchev–Trinajstić information content (AvgIpc) is 2.50. The Balaban J connectivity index is 1.62. The summed E-state index contributed by atoms with van der Waals surface area (Å²) < 4.78 is 24.1. The second kappa shape index (κ2) is 9.05. The first-order valence-electron chi connectivity index (χ1n) is 7.69. The van der Waals surface area contributed by atoms with Crippen molar-refractivity contribution in [2.75, 3.05) is 59.6 Å². The number of β-amino-alcohol motifs (C(OH)–C–C–N with tert-alkyl or cyclic N) is 1. The van der Waals surface area contributed by atoms with Gasteiger partial charge in [-0.25, -0.2) is 4.39 Å². The lowest BCUT2D eigenvalue weighted by Gasteiger charge is -2.30. The van der Waals surface area contributed by atoms with Gasteiger partial charge in [-0.1, -0.05) is 12.1 Å². The minimum absolute atomic E-state index is 0.268. The van der Waals surface area contributed by atoms with E-state index in [0.717, 1.165) is 26.3 Å². The third-order valence-corrected chi connectivity index (χ3v) is 3.66. The van der Waals surface area contributed by atoms with Crippen molar-refractivity contribution in [1.82, 2.24) is 9.80 Å². The second-order valence-corrected chi connectivity index (χ2v) is 5.61. The van der Waals surface area contributed by atoms with Gasteiger partial charge in [0.05, 0.1) is 19.3 Å². The predicted molar refractivity (Wildman–Crippen MR) is 82.7 cm³/mol. The Morgan fingerprint density at radius 2 is 2.09 bits per heavy atom. The molecular formula is C16H25FN2O3. The molecule has 0 radical (unpaired) electrons. The van der Waals surface area contributed by atoms with Gasteiger partial charge >= 0.3 is 0 Å². The molecular weight excluding hydrogens is 287 g/mol. The molecule has 1 saturated heterocycles. The van der Waals surface area contributed by atoms with Gasteiger partial charge in [0.1, 0.15) is 6.61 Å². The first-order valence-corrected chi connectivity index (χ1v) is 7.69. The Labute approximate surface area is 131 Å². The maximum atomic E-state index is 13.4. The van der Waals surface area contributed by atoms with E-state index in [9.17, 15) is 9.50 Å². The van der Waals surface area contributed by atoms with Crippen molar-refractivity contribution in [1.29, 1.82) is 0 Å². The number of morpholine rings is 1. The number of benzene rings is 1. The van der Waals surface area contributed by atoms with Crippen LogP contribution in [0.1, 0.15) is 0 Å². The smallest absolute Gasteiger partial charge is 0.165 e. The molecule has 1 unspecified atom stereocenters. The Hall–Kier alpha value is -1.21. The van der Waals surface area contributed by atoms with Crippen LogP contribution in [0.25, 0.3) is 0 Å². The van der Waals surface area contributed by atoms with Crippen molar-refractivity contribution in [3.63, 3.8) is 0 Å². The van der Waals surface area contributed by atoms with Crippen molar-refractivity contribution in [2.45, 2.75) is 6.10 Å². The van der Waals surface area contributed by atoms with Crippen LogP contribution in [-0.2, 0) is 4.74 Å². The molecule has 0 aliphatic carbocycles. The summed E-state index contributed by atoms with van der Waals surface area (Å²) in [5.74, 6) is -0.0812. The number of hydrogen-bond donors (Lipinski definition) is 1. The predicted octanol–water partition coefficient (Wildman–Crippen LogP) is 0.829. The zero-order valence-corrected chi connectivity index (χ0v) is 13.1. The average molecular weight is 312 g/mol. The van der Waals surface area contributed by atoms with Crippen LogP contribution in [0, 0.1) is 5.82 Å². The molecule has 1 aliphatic rings. The van der Waals surface area contributed by atoms with E-state index in [1.165, 1.54) is 6.07 Å². The molecule has 0 spiro atoms. The largest absolute Gasteiger partial charge is 0.489 e. The number of rotatable bonds is 8. The van der Waals surface area contributed by atoms with Crippen molar-refractivity contribution < 1.29 is 19.0 Å². The van der Waals surface area contributed by atoms with Gasteiger partial charge < -0.3 is 19.5 Å². The van der Waals surface area contributed by atoms with Crippen LogP contribution >= 0.6 is 0 Å². The zero-order chi connectivity index (χ0) is 15.8. The number of aliphatic hydroxyl groups is 1. The lowest BCUT2D eigenvalue weighted by molar-refractivity contribution is 0.00809. The van der Waals surface area contributed by atoms with Crippen molar-refractivity contribution in [3.8, 4) is 5.75 Å². The van der Waals surface area contributed by atoms with Crippen LogP contribution in [-0.4, -0.2) is 80.6 Å². The first kappa shape index (κ1) is 17.1. The summed E-state index contributed by atoms with van der Waals surface area (Å²) in [6.07, 6.45) is -0.406. The SMILES string of the molecule is CN(CCOc1ccccc1F)CC(O)CN1CCOCC1. The minimum Gasteiger partial charge on any atom is -0.489 e. The van der Waals surface area contributed by atoms with Gasteiger partial charge in [0, 0.05) is 32.7 Å². The maximum Gasteiger partial charge on any atom is 0.165 e. The molecule has 0 saturated carbocycles. The molecule has 1 aliphatic heterocycles. The van der Waals surface area contributed by atoms with E-state index in [2.05, 4.69) is 4.90 Å². The van der Waals surface area contributed by atoms with Crippen molar-refractivity contribution in [2.24, 2.45) is 0 Å². The van der Waals surface area contributed by atoms with Gasteiger partial charge in [0.25, 0.3) is 0 Å². The van der Waals surface area contributed by atoms with Crippen molar-refractivity contribution in [3.05, 3.63) is 30.1 Å². The van der Waals surface area contributed by atoms with Gasteiger partial charge in [-0.05, 0) is 19.2 Å². The lowest BCUT2D eigenvalue weighted by Crippen LogP contribution is -2.44. The van der Waals surface area contributed by atoms with Gasteiger partial charge in [-0.15, -0.1) is 0 Å². The van der Waals surface area contributed by atoms with Crippen LogP contribution in [0.3, 0.4) is 0 Å². The van der Waals surface area contributed by atoms with E-state index in [1.807, 2.05) is 11.9 Å². The standard InChI is InChI=1S/C16H25FN2O3/c1-18(6-11-22-16-5-3-2-4-15(16)17)12-14(20)13-19-7-9-21-10-8-19/h2-5,14,20H,6-13H2,1H3. The third-order valence-electron chi connectivity index (χ3n) is 3.66. The highest BCUT2D eigenvalue weighted by Gasteiger charge is 2.16. The summed E-state index contributed by atoms with van der Waals surface area (Å²) in [5.41, 5.74) is 0. The summed E-state index contributed by atoms with van der Waals surface area (Å²) >= 11 is 0. The summed E-state index contributed by atoms with van der Waals surface area (Å²) in [7, 11) is 1.92. The molecule has 0 bridgehead atoms. The summed E-state index contributed by atoms with van der Waals surface area (Å²) in [6.45, 7) is 5.46. The van der Waals surface area contributed by atoms with Crippen LogP contribution in [0.4, 0.5) is 4.39 Å².